The Morgan fingerprint density at radius 1 is 0.946 bits per heavy atom. The van der Waals surface area contributed by atoms with E-state index < -0.39 is 30.0 Å². The first-order valence-corrected chi connectivity index (χ1v) is 12.1. The van der Waals surface area contributed by atoms with Gasteiger partial charge in [-0.25, -0.2) is 4.79 Å². The standard InChI is InChI=1S/C27H35N3O7/c1-28-24-17-9-11-23(36-4)19(15-17)18-13-16(8-10-22(18)35-3)14-21(27(33)37-5)30-25(31)20(29-26(24)32)7-6-12-34-2/h8-11,13,15,20-21,24,28H,6-7,12,14H2,1-5H3,(H,29,32)(H,30,31)/t20-,21-,24?/m0/s1. The molecule has 0 radical (unpaired) electrons. The average Bonchev–Trinajstić information content (AvgIpc) is 2.91. The molecule has 0 fully saturated rings. The molecule has 3 atom stereocenters. The van der Waals surface area contributed by atoms with Crippen LogP contribution in [0.25, 0.3) is 11.1 Å². The molecule has 1 unspecified atom stereocenters. The van der Waals surface area contributed by atoms with E-state index in [2.05, 4.69) is 16.0 Å². The highest BCUT2D eigenvalue weighted by Crippen LogP contribution is 2.39. The Morgan fingerprint density at radius 2 is 1.62 bits per heavy atom. The molecule has 0 aromatic heterocycles. The maximum atomic E-state index is 13.4. The summed E-state index contributed by atoms with van der Waals surface area (Å²) in [5.41, 5.74) is 2.91. The maximum absolute atomic E-state index is 13.4. The number of benzene rings is 2. The number of methoxy groups -OCH3 is 4. The number of hydrogen-bond acceptors (Lipinski definition) is 8. The normalized spacial score (nSPS) is 19.8. The van der Waals surface area contributed by atoms with Gasteiger partial charge >= 0.3 is 5.97 Å². The van der Waals surface area contributed by atoms with Crippen LogP contribution in [0.2, 0.25) is 0 Å². The van der Waals surface area contributed by atoms with E-state index in [9.17, 15) is 14.4 Å². The molecule has 2 amide bonds. The molecule has 4 bridgehead atoms. The Kier molecular flexibility index (Phi) is 9.87. The third-order valence-electron chi connectivity index (χ3n) is 6.38. The minimum Gasteiger partial charge on any atom is -0.496 e. The number of carbonyl (C=O) groups excluding carboxylic acids is 3. The minimum absolute atomic E-state index is 0.176. The van der Waals surface area contributed by atoms with Crippen LogP contribution in [0.15, 0.2) is 36.4 Å². The summed E-state index contributed by atoms with van der Waals surface area (Å²) in [6, 6.07) is 8.39. The lowest BCUT2D eigenvalue weighted by Crippen LogP contribution is -2.54. The van der Waals surface area contributed by atoms with Crippen molar-refractivity contribution >= 4 is 17.8 Å². The Morgan fingerprint density at radius 3 is 2.24 bits per heavy atom. The molecular formula is C27H35N3O7. The van der Waals surface area contributed by atoms with E-state index in [0.29, 0.717) is 36.5 Å². The molecule has 37 heavy (non-hydrogen) atoms. The summed E-state index contributed by atoms with van der Waals surface area (Å²) in [5.74, 6) is -0.266. The summed E-state index contributed by atoms with van der Waals surface area (Å²) in [4.78, 5) is 39.4. The first-order valence-electron chi connectivity index (χ1n) is 12.1. The van der Waals surface area contributed by atoms with Crippen molar-refractivity contribution < 1.29 is 33.3 Å². The third-order valence-corrected chi connectivity index (χ3v) is 6.38. The highest BCUT2D eigenvalue weighted by molar-refractivity contribution is 5.93. The minimum atomic E-state index is -0.961. The fourth-order valence-corrected chi connectivity index (χ4v) is 4.46. The van der Waals surface area contributed by atoms with Crippen LogP contribution < -0.4 is 25.4 Å². The molecule has 3 N–H and O–H groups in total. The van der Waals surface area contributed by atoms with Crippen LogP contribution in [-0.4, -0.2) is 72.0 Å². The molecule has 1 heterocycles. The van der Waals surface area contributed by atoms with Crippen molar-refractivity contribution in [3.8, 4) is 22.6 Å². The molecule has 2 aromatic carbocycles. The van der Waals surface area contributed by atoms with Crippen molar-refractivity contribution in [1.82, 2.24) is 16.0 Å². The predicted molar refractivity (Wildman–Crippen MR) is 137 cm³/mol. The monoisotopic (exact) mass is 513 g/mol. The number of carbonyl (C=O) groups is 3. The fraction of sp³-hybridized carbons (Fsp3) is 0.444. The van der Waals surface area contributed by atoms with Crippen molar-refractivity contribution in [2.75, 3.05) is 42.1 Å². The van der Waals surface area contributed by atoms with E-state index in [1.165, 1.54) is 7.11 Å². The van der Waals surface area contributed by atoms with E-state index >= 15 is 0 Å². The third kappa shape index (κ3) is 6.58. The van der Waals surface area contributed by atoms with Gasteiger partial charge in [0.1, 0.15) is 29.6 Å². The van der Waals surface area contributed by atoms with Gasteiger partial charge in [0, 0.05) is 31.3 Å². The fourth-order valence-electron chi connectivity index (χ4n) is 4.46. The number of amides is 2. The molecular weight excluding hydrogens is 478 g/mol. The van der Waals surface area contributed by atoms with Crippen molar-refractivity contribution in [3.63, 3.8) is 0 Å². The molecule has 1 aliphatic rings. The molecule has 0 saturated carbocycles. The number of esters is 1. The lowest BCUT2D eigenvalue weighted by molar-refractivity contribution is -0.145. The van der Waals surface area contributed by atoms with Crippen LogP contribution >= 0.6 is 0 Å². The zero-order valence-corrected chi connectivity index (χ0v) is 21.9. The summed E-state index contributed by atoms with van der Waals surface area (Å²) in [6.45, 7) is 0.423. The topological polar surface area (TPSA) is 124 Å². The van der Waals surface area contributed by atoms with Gasteiger partial charge in [0.2, 0.25) is 11.8 Å². The molecule has 10 heteroatoms. The van der Waals surface area contributed by atoms with Crippen LogP contribution in [0.5, 0.6) is 11.5 Å². The van der Waals surface area contributed by atoms with Crippen molar-refractivity contribution in [1.29, 1.82) is 0 Å². The first kappa shape index (κ1) is 27.9. The number of nitrogens with one attached hydrogen (secondary N) is 3. The predicted octanol–water partition coefficient (Wildman–Crippen LogP) is 1.76. The van der Waals surface area contributed by atoms with Gasteiger partial charge in [0.25, 0.3) is 0 Å². The van der Waals surface area contributed by atoms with Gasteiger partial charge in [-0.05, 0) is 55.3 Å². The number of hydrogen-bond donors (Lipinski definition) is 3. The maximum Gasteiger partial charge on any atom is 0.328 e. The molecule has 0 spiro atoms. The van der Waals surface area contributed by atoms with E-state index in [4.69, 9.17) is 18.9 Å². The van der Waals surface area contributed by atoms with E-state index in [1.54, 1.807) is 46.6 Å². The van der Waals surface area contributed by atoms with Crippen molar-refractivity contribution in [3.05, 3.63) is 47.5 Å². The Labute approximate surface area is 217 Å². The molecule has 1 aliphatic heterocycles. The summed E-state index contributed by atoms with van der Waals surface area (Å²) in [7, 11) is 7.65. The molecule has 0 saturated heterocycles. The van der Waals surface area contributed by atoms with Crippen molar-refractivity contribution in [2.45, 2.75) is 37.4 Å². The second-order valence-electron chi connectivity index (χ2n) is 8.70. The highest BCUT2D eigenvalue weighted by Gasteiger charge is 2.31. The molecule has 0 aliphatic carbocycles. The number of rotatable bonds is 8. The van der Waals surface area contributed by atoms with Gasteiger partial charge in [-0.1, -0.05) is 12.1 Å². The van der Waals surface area contributed by atoms with Crippen LogP contribution in [-0.2, 0) is 30.3 Å². The lowest BCUT2D eigenvalue weighted by Gasteiger charge is -2.26. The Bertz CT molecular complexity index is 1120. The molecule has 2 aromatic rings. The average molecular weight is 514 g/mol. The molecule has 200 valence electrons. The van der Waals surface area contributed by atoms with Crippen LogP contribution in [0, 0.1) is 0 Å². The largest absolute Gasteiger partial charge is 0.496 e. The van der Waals surface area contributed by atoms with Gasteiger partial charge in [-0.2, -0.15) is 0 Å². The van der Waals surface area contributed by atoms with Crippen LogP contribution in [0.4, 0.5) is 0 Å². The Hall–Kier alpha value is -3.63. The zero-order chi connectivity index (χ0) is 26.9. The van der Waals surface area contributed by atoms with Gasteiger partial charge in [-0.3, -0.25) is 9.59 Å². The molecule has 10 nitrogen and oxygen atoms in total. The van der Waals surface area contributed by atoms with Gasteiger partial charge < -0.3 is 34.9 Å². The smallest absolute Gasteiger partial charge is 0.328 e. The van der Waals surface area contributed by atoms with Crippen LogP contribution in [0.3, 0.4) is 0 Å². The summed E-state index contributed by atoms with van der Waals surface area (Å²) in [6.07, 6.45) is 1.04. The Balaban J connectivity index is 2.18. The quantitative estimate of drug-likeness (QED) is 0.360. The molecule has 3 rings (SSSR count). The number of fused-ring (bicyclic) bond motifs is 5. The summed E-state index contributed by atoms with van der Waals surface area (Å²) < 4.78 is 21.3. The second-order valence-corrected chi connectivity index (χ2v) is 8.70. The van der Waals surface area contributed by atoms with Crippen LogP contribution in [0.1, 0.15) is 30.0 Å². The summed E-state index contributed by atoms with van der Waals surface area (Å²) >= 11 is 0. The number of likely N-dealkylation sites (N-methyl/N-ethyl adjacent to an activating group) is 1. The van der Waals surface area contributed by atoms with E-state index in [0.717, 1.165) is 16.7 Å². The zero-order valence-electron chi connectivity index (χ0n) is 21.9. The van der Waals surface area contributed by atoms with Gasteiger partial charge in [-0.15, -0.1) is 0 Å². The van der Waals surface area contributed by atoms with Gasteiger partial charge in [0.15, 0.2) is 0 Å². The number of ether oxygens (including phenoxy) is 4. The summed E-state index contributed by atoms with van der Waals surface area (Å²) in [5, 5.41) is 8.66. The lowest BCUT2D eigenvalue weighted by atomic mass is 9.94. The van der Waals surface area contributed by atoms with E-state index in [1.807, 2.05) is 18.2 Å². The van der Waals surface area contributed by atoms with Gasteiger partial charge in [0.05, 0.1) is 21.3 Å². The second kappa shape index (κ2) is 13.1. The first-order chi connectivity index (χ1) is 17.9. The van der Waals surface area contributed by atoms with Crippen molar-refractivity contribution in [2.24, 2.45) is 0 Å². The SMILES string of the molecule is CNC1C(=O)N[C@@H](CCCOC)C(=O)N[C@H](C(=O)OC)Cc2ccc(OC)c(c2)-c2cc1ccc2OC. The highest BCUT2D eigenvalue weighted by atomic mass is 16.5. The van der Waals surface area contributed by atoms with E-state index in [-0.39, 0.29) is 12.3 Å².